The molecule has 0 saturated carbocycles. The average Bonchev–Trinajstić information content (AvgIpc) is 3.54. The van der Waals surface area contributed by atoms with E-state index in [1.807, 2.05) is 74.5 Å². The molecule has 0 aliphatic carbocycles. The second-order valence-corrected chi connectivity index (χ2v) is 9.46. The fourth-order valence-electron chi connectivity index (χ4n) is 4.74. The number of para-hydroxylation sites is 1. The third kappa shape index (κ3) is 4.89. The molecule has 1 saturated heterocycles. The molecule has 4 aromatic rings. The topological polar surface area (TPSA) is 121 Å². The lowest BCUT2D eigenvalue weighted by Gasteiger charge is -2.25. The summed E-state index contributed by atoms with van der Waals surface area (Å²) in [6, 6.07) is 21.0. The summed E-state index contributed by atoms with van der Waals surface area (Å²) in [4.78, 5) is 20.0. The first kappa shape index (κ1) is 24.1. The molecule has 0 spiro atoms. The Morgan fingerprint density at radius 3 is 2.62 bits per heavy atom. The molecule has 2 aromatic carbocycles. The highest BCUT2D eigenvalue weighted by Crippen LogP contribution is 2.38. The molecule has 5 rings (SSSR count). The maximum Gasteiger partial charge on any atom is 0.264 e. The number of anilines is 1. The van der Waals surface area contributed by atoms with Crippen LogP contribution in [0.15, 0.2) is 72.3 Å². The van der Waals surface area contributed by atoms with E-state index < -0.39 is 0 Å². The Morgan fingerprint density at radius 1 is 1.19 bits per heavy atom. The predicted molar refractivity (Wildman–Crippen MR) is 142 cm³/mol. The Labute approximate surface area is 215 Å². The van der Waals surface area contributed by atoms with Gasteiger partial charge in [0, 0.05) is 12.1 Å². The number of fused-ring (bicyclic) bond motifs is 1. The number of nitrogens with one attached hydrogen (secondary N) is 1. The SMILES string of the molecule is CC(C)C=C(C#N)C(=O)N1CCC[C@H]1c1cc2[nH]nc(N)c2c(-c2ccc(Oc3ccccc3)cc2)n1. The molecule has 37 heavy (non-hydrogen) atoms. The number of pyridine rings is 1. The first-order valence-corrected chi connectivity index (χ1v) is 12.4. The number of likely N-dealkylation sites (tertiary alicyclic amines) is 1. The number of benzene rings is 2. The number of hydrogen-bond acceptors (Lipinski definition) is 6. The zero-order valence-electron chi connectivity index (χ0n) is 20.8. The number of nitrogens with zero attached hydrogens (tertiary/aromatic N) is 4. The zero-order valence-corrected chi connectivity index (χ0v) is 20.8. The van der Waals surface area contributed by atoms with Crippen molar-refractivity contribution in [3.05, 3.63) is 78.0 Å². The number of rotatable bonds is 6. The van der Waals surface area contributed by atoms with Crippen molar-refractivity contribution in [1.82, 2.24) is 20.1 Å². The molecule has 0 bridgehead atoms. The van der Waals surface area contributed by atoms with Crippen LogP contribution in [0, 0.1) is 17.2 Å². The minimum absolute atomic E-state index is 0.0996. The van der Waals surface area contributed by atoms with Crippen LogP contribution in [0.2, 0.25) is 0 Å². The fourth-order valence-corrected chi connectivity index (χ4v) is 4.74. The molecule has 1 atom stereocenters. The van der Waals surface area contributed by atoms with Crippen LogP contribution in [-0.4, -0.2) is 32.5 Å². The standard InChI is InChI=1S/C29H28N6O2/c1-18(2)15-20(17-30)29(36)35-14-6-9-25(35)23-16-24-26(28(31)34-33-24)27(32-23)19-10-12-22(13-11-19)37-21-7-4-3-5-8-21/h3-5,7-8,10-13,15-16,18,25H,6,9,14H2,1-2H3,(H3,31,33,34)/t25-/m0/s1. The molecular weight excluding hydrogens is 464 g/mol. The summed E-state index contributed by atoms with van der Waals surface area (Å²) in [5.41, 5.74) is 9.41. The molecule has 1 amide bonds. The van der Waals surface area contributed by atoms with Gasteiger partial charge in [-0.3, -0.25) is 9.89 Å². The quantitative estimate of drug-likeness (QED) is 0.260. The Bertz CT molecular complexity index is 1500. The first-order valence-electron chi connectivity index (χ1n) is 12.4. The van der Waals surface area contributed by atoms with Crippen molar-refractivity contribution in [1.29, 1.82) is 5.26 Å². The lowest BCUT2D eigenvalue weighted by atomic mass is 10.0. The van der Waals surface area contributed by atoms with Gasteiger partial charge in [0.15, 0.2) is 5.82 Å². The minimum Gasteiger partial charge on any atom is -0.457 e. The molecule has 186 valence electrons. The van der Waals surface area contributed by atoms with Crippen molar-refractivity contribution in [2.75, 3.05) is 12.3 Å². The summed E-state index contributed by atoms with van der Waals surface area (Å²) in [5, 5.41) is 17.5. The summed E-state index contributed by atoms with van der Waals surface area (Å²) in [7, 11) is 0. The maximum atomic E-state index is 13.3. The summed E-state index contributed by atoms with van der Waals surface area (Å²) >= 11 is 0. The van der Waals surface area contributed by atoms with Crippen molar-refractivity contribution in [3.63, 3.8) is 0 Å². The smallest absolute Gasteiger partial charge is 0.264 e. The van der Waals surface area contributed by atoms with Gasteiger partial charge in [0.05, 0.1) is 28.3 Å². The van der Waals surface area contributed by atoms with Crippen LogP contribution in [0.1, 0.15) is 38.4 Å². The van der Waals surface area contributed by atoms with Crippen LogP contribution in [0.3, 0.4) is 0 Å². The van der Waals surface area contributed by atoms with Gasteiger partial charge in [-0.1, -0.05) is 38.1 Å². The van der Waals surface area contributed by atoms with Crippen molar-refractivity contribution < 1.29 is 9.53 Å². The molecule has 1 aliphatic rings. The number of nitriles is 1. The molecular formula is C29H28N6O2. The van der Waals surface area contributed by atoms with E-state index in [0.29, 0.717) is 23.8 Å². The summed E-state index contributed by atoms with van der Waals surface area (Å²) in [6.07, 6.45) is 3.31. The van der Waals surface area contributed by atoms with Crippen LogP contribution in [0.25, 0.3) is 22.2 Å². The number of ether oxygens (including phenoxy) is 1. The lowest BCUT2D eigenvalue weighted by Crippen LogP contribution is -2.32. The van der Waals surface area contributed by atoms with E-state index in [2.05, 4.69) is 16.3 Å². The van der Waals surface area contributed by atoms with Crippen LogP contribution in [0.4, 0.5) is 5.82 Å². The number of carbonyl (C=O) groups excluding carboxylic acids is 1. The minimum atomic E-state index is -0.256. The largest absolute Gasteiger partial charge is 0.457 e. The normalized spacial score (nSPS) is 15.8. The summed E-state index contributed by atoms with van der Waals surface area (Å²) < 4.78 is 5.93. The van der Waals surface area contributed by atoms with Crippen LogP contribution in [-0.2, 0) is 4.79 Å². The van der Waals surface area contributed by atoms with E-state index in [-0.39, 0.29) is 23.4 Å². The second kappa shape index (κ2) is 10.2. The molecule has 0 unspecified atom stereocenters. The van der Waals surface area contributed by atoms with E-state index >= 15 is 0 Å². The highest BCUT2D eigenvalue weighted by atomic mass is 16.5. The monoisotopic (exact) mass is 492 g/mol. The van der Waals surface area contributed by atoms with Gasteiger partial charge in [-0.25, -0.2) is 4.98 Å². The van der Waals surface area contributed by atoms with Gasteiger partial charge in [-0.2, -0.15) is 10.4 Å². The van der Waals surface area contributed by atoms with Crippen molar-refractivity contribution >= 4 is 22.6 Å². The molecule has 8 heteroatoms. The highest BCUT2D eigenvalue weighted by Gasteiger charge is 2.33. The predicted octanol–water partition coefficient (Wildman–Crippen LogP) is 5.77. The Morgan fingerprint density at radius 2 is 1.92 bits per heavy atom. The molecule has 1 aliphatic heterocycles. The Balaban J connectivity index is 1.51. The number of amides is 1. The number of nitrogen functional groups attached to an aromatic ring is 1. The third-order valence-corrected chi connectivity index (χ3v) is 6.40. The van der Waals surface area contributed by atoms with Gasteiger partial charge in [0.1, 0.15) is 23.1 Å². The first-order chi connectivity index (χ1) is 17.9. The average molecular weight is 493 g/mol. The van der Waals surface area contributed by atoms with E-state index in [0.717, 1.165) is 40.8 Å². The molecule has 8 nitrogen and oxygen atoms in total. The van der Waals surface area contributed by atoms with E-state index in [1.165, 1.54) is 0 Å². The highest BCUT2D eigenvalue weighted by molar-refractivity contribution is 6.00. The fraction of sp³-hybridized carbons (Fsp3) is 0.241. The van der Waals surface area contributed by atoms with Crippen molar-refractivity contribution in [3.8, 4) is 28.8 Å². The van der Waals surface area contributed by atoms with Gasteiger partial charge in [0.25, 0.3) is 5.91 Å². The van der Waals surface area contributed by atoms with Gasteiger partial charge < -0.3 is 15.4 Å². The Kier molecular flexibility index (Phi) is 6.60. The van der Waals surface area contributed by atoms with E-state index in [9.17, 15) is 10.1 Å². The molecule has 2 aromatic heterocycles. The van der Waals surface area contributed by atoms with Crippen LogP contribution in [0.5, 0.6) is 11.5 Å². The van der Waals surface area contributed by atoms with Gasteiger partial charge in [-0.05, 0) is 61.2 Å². The number of hydrogen-bond donors (Lipinski definition) is 2. The number of aromatic nitrogens is 3. The number of aromatic amines is 1. The number of H-pyrrole nitrogens is 1. The van der Waals surface area contributed by atoms with Gasteiger partial charge in [0.2, 0.25) is 0 Å². The Hall–Kier alpha value is -4.64. The number of allylic oxidation sites excluding steroid dienone is 1. The van der Waals surface area contributed by atoms with Crippen molar-refractivity contribution in [2.24, 2.45) is 5.92 Å². The van der Waals surface area contributed by atoms with Crippen molar-refractivity contribution in [2.45, 2.75) is 32.7 Å². The summed E-state index contributed by atoms with van der Waals surface area (Å²) in [6.45, 7) is 4.48. The van der Waals surface area contributed by atoms with Crippen LogP contribution >= 0.6 is 0 Å². The van der Waals surface area contributed by atoms with Gasteiger partial charge >= 0.3 is 0 Å². The maximum absolute atomic E-state index is 13.3. The molecule has 1 fully saturated rings. The lowest BCUT2D eigenvalue weighted by molar-refractivity contribution is -0.127. The molecule has 0 radical (unpaired) electrons. The molecule has 3 N–H and O–H groups in total. The molecule has 3 heterocycles. The zero-order chi connectivity index (χ0) is 25.9. The van der Waals surface area contributed by atoms with E-state index in [1.54, 1.807) is 11.0 Å². The van der Waals surface area contributed by atoms with Crippen LogP contribution < -0.4 is 10.5 Å². The van der Waals surface area contributed by atoms with E-state index in [4.69, 9.17) is 15.5 Å². The number of carbonyl (C=O) groups is 1. The second-order valence-electron chi connectivity index (χ2n) is 9.46. The van der Waals surface area contributed by atoms with Gasteiger partial charge in [-0.15, -0.1) is 0 Å². The third-order valence-electron chi connectivity index (χ3n) is 6.40. The number of nitrogens with two attached hydrogens (primary N) is 1. The summed E-state index contributed by atoms with van der Waals surface area (Å²) in [5.74, 6) is 1.66.